The number of nitrogens with two attached hydrogens (primary N) is 1. The smallest absolute Gasteiger partial charge is 0.270 e. The monoisotopic (exact) mass is 253 g/mol. The lowest BCUT2D eigenvalue weighted by Crippen LogP contribution is -2.32. The van der Waals surface area contributed by atoms with Gasteiger partial charge in [-0.05, 0) is 12.5 Å². The molecule has 18 heavy (non-hydrogen) atoms. The Balaban J connectivity index is 2.29. The predicted octanol–water partition coefficient (Wildman–Crippen LogP) is 0.907. The molecular weight excluding hydrogens is 241 g/mol. The van der Waals surface area contributed by atoms with Crippen molar-refractivity contribution in [1.29, 1.82) is 0 Å². The summed E-state index contributed by atoms with van der Waals surface area (Å²) in [5, 5.41) is 10.6. The van der Waals surface area contributed by atoms with Gasteiger partial charge in [-0.2, -0.15) is 0 Å². The van der Waals surface area contributed by atoms with Crippen LogP contribution in [0.5, 0.6) is 0 Å². The summed E-state index contributed by atoms with van der Waals surface area (Å²) in [7, 11) is 0. The van der Waals surface area contributed by atoms with Gasteiger partial charge in [0.2, 0.25) is 0 Å². The fraction of sp³-hybridized carbons (Fsp3) is 0.364. The zero-order valence-corrected chi connectivity index (χ0v) is 9.51. The first-order chi connectivity index (χ1) is 8.49. The summed E-state index contributed by atoms with van der Waals surface area (Å²) in [5.41, 5.74) is 5.08. The average Bonchev–Trinajstić information content (AvgIpc) is 2.75. The summed E-state index contributed by atoms with van der Waals surface area (Å²) in [5.74, 6) is -1.31. The molecule has 6 nitrogen and oxygen atoms in total. The van der Waals surface area contributed by atoms with Crippen LogP contribution in [0.2, 0.25) is 0 Å². The molecule has 1 heterocycles. The quantitative estimate of drug-likeness (QED) is 0.626. The molecule has 0 saturated carbocycles. The van der Waals surface area contributed by atoms with Gasteiger partial charge in [0.15, 0.2) is 0 Å². The molecule has 2 rings (SSSR count). The Morgan fingerprint density at radius 2 is 2.28 bits per heavy atom. The van der Waals surface area contributed by atoms with Crippen LogP contribution in [-0.2, 0) is 0 Å². The van der Waals surface area contributed by atoms with E-state index in [1.807, 2.05) is 0 Å². The van der Waals surface area contributed by atoms with E-state index in [4.69, 9.17) is 5.73 Å². The fourth-order valence-electron chi connectivity index (χ4n) is 1.93. The summed E-state index contributed by atoms with van der Waals surface area (Å²) in [6.07, 6.45) is 0.655. The van der Waals surface area contributed by atoms with Gasteiger partial charge in [-0.1, -0.05) is 0 Å². The van der Waals surface area contributed by atoms with Crippen LogP contribution < -0.4 is 5.73 Å². The maximum Gasteiger partial charge on any atom is 0.270 e. The fourth-order valence-corrected chi connectivity index (χ4v) is 1.93. The number of hydrogen-bond acceptors (Lipinski definition) is 4. The molecule has 1 aromatic carbocycles. The topological polar surface area (TPSA) is 89.5 Å². The second-order valence-corrected chi connectivity index (χ2v) is 4.22. The molecule has 0 aromatic heterocycles. The lowest BCUT2D eigenvalue weighted by molar-refractivity contribution is -0.384. The van der Waals surface area contributed by atoms with Crippen LogP contribution in [0.15, 0.2) is 18.2 Å². The van der Waals surface area contributed by atoms with Crippen LogP contribution in [-0.4, -0.2) is 34.9 Å². The van der Waals surface area contributed by atoms with E-state index < -0.39 is 16.6 Å². The number of carbonyl (C=O) groups excluding carboxylic acids is 1. The average molecular weight is 253 g/mol. The number of carbonyl (C=O) groups is 1. The van der Waals surface area contributed by atoms with Crippen molar-refractivity contribution in [3.63, 3.8) is 0 Å². The van der Waals surface area contributed by atoms with Crippen molar-refractivity contribution in [2.24, 2.45) is 5.73 Å². The van der Waals surface area contributed by atoms with Gasteiger partial charge in [0.05, 0.1) is 10.5 Å². The summed E-state index contributed by atoms with van der Waals surface area (Å²) >= 11 is 0. The van der Waals surface area contributed by atoms with Gasteiger partial charge in [-0.25, -0.2) is 4.39 Å². The van der Waals surface area contributed by atoms with Crippen molar-refractivity contribution in [2.45, 2.75) is 12.5 Å². The molecule has 1 fully saturated rings. The highest BCUT2D eigenvalue weighted by atomic mass is 19.1. The summed E-state index contributed by atoms with van der Waals surface area (Å²) in [6.45, 7) is 0.795. The molecule has 1 aliphatic rings. The van der Waals surface area contributed by atoms with Gasteiger partial charge in [0.25, 0.3) is 11.6 Å². The molecule has 0 bridgehead atoms. The van der Waals surface area contributed by atoms with Gasteiger partial charge in [0, 0.05) is 31.3 Å². The number of nitro groups is 1. The van der Waals surface area contributed by atoms with Gasteiger partial charge >= 0.3 is 0 Å². The number of benzene rings is 1. The maximum atomic E-state index is 13.5. The summed E-state index contributed by atoms with van der Waals surface area (Å²) in [6, 6.07) is 2.81. The Bertz CT molecular complexity index is 506. The molecule has 96 valence electrons. The highest BCUT2D eigenvalue weighted by Gasteiger charge is 2.27. The predicted molar refractivity (Wildman–Crippen MR) is 61.6 cm³/mol. The van der Waals surface area contributed by atoms with Crippen LogP contribution >= 0.6 is 0 Å². The summed E-state index contributed by atoms with van der Waals surface area (Å²) in [4.78, 5) is 23.3. The third-order valence-corrected chi connectivity index (χ3v) is 2.90. The number of halogens is 1. The van der Waals surface area contributed by atoms with Crippen LogP contribution in [0, 0.1) is 15.9 Å². The molecule has 0 radical (unpaired) electrons. The molecule has 1 aliphatic heterocycles. The number of rotatable bonds is 2. The molecule has 2 N–H and O–H groups in total. The van der Waals surface area contributed by atoms with Gasteiger partial charge in [-0.3, -0.25) is 14.9 Å². The Morgan fingerprint density at radius 3 is 2.83 bits per heavy atom. The van der Waals surface area contributed by atoms with Crippen molar-refractivity contribution < 1.29 is 14.1 Å². The number of nitrogens with zero attached hydrogens (tertiary/aromatic N) is 2. The van der Waals surface area contributed by atoms with Crippen LogP contribution in [0.25, 0.3) is 0 Å². The van der Waals surface area contributed by atoms with E-state index in [9.17, 15) is 19.3 Å². The molecule has 7 heteroatoms. The Labute approximate surface area is 102 Å². The summed E-state index contributed by atoms with van der Waals surface area (Å²) < 4.78 is 13.5. The first-order valence-corrected chi connectivity index (χ1v) is 5.48. The van der Waals surface area contributed by atoms with E-state index in [1.54, 1.807) is 0 Å². The molecule has 1 amide bonds. The third-order valence-electron chi connectivity index (χ3n) is 2.90. The molecule has 1 saturated heterocycles. The van der Waals surface area contributed by atoms with Crippen molar-refractivity contribution in [2.75, 3.05) is 13.1 Å². The van der Waals surface area contributed by atoms with E-state index in [2.05, 4.69) is 0 Å². The second kappa shape index (κ2) is 4.69. The highest BCUT2D eigenvalue weighted by Crippen LogP contribution is 2.20. The van der Waals surface area contributed by atoms with Gasteiger partial charge in [0.1, 0.15) is 5.82 Å². The first kappa shape index (κ1) is 12.4. The van der Waals surface area contributed by atoms with E-state index >= 15 is 0 Å². The molecular formula is C11H12FN3O3. The van der Waals surface area contributed by atoms with Crippen molar-refractivity contribution >= 4 is 11.6 Å². The largest absolute Gasteiger partial charge is 0.337 e. The zero-order chi connectivity index (χ0) is 13.3. The number of nitro benzene ring substituents is 1. The van der Waals surface area contributed by atoms with Gasteiger partial charge < -0.3 is 10.6 Å². The van der Waals surface area contributed by atoms with Crippen molar-refractivity contribution in [3.05, 3.63) is 39.7 Å². The minimum Gasteiger partial charge on any atom is -0.337 e. The van der Waals surface area contributed by atoms with Crippen LogP contribution in [0.1, 0.15) is 16.8 Å². The minimum absolute atomic E-state index is 0.115. The van der Waals surface area contributed by atoms with E-state index in [0.29, 0.717) is 19.5 Å². The van der Waals surface area contributed by atoms with Crippen LogP contribution in [0.4, 0.5) is 10.1 Å². The van der Waals surface area contributed by atoms with E-state index in [-0.39, 0.29) is 17.3 Å². The molecule has 1 atom stereocenters. The first-order valence-electron chi connectivity index (χ1n) is 5.48. The van der Waals surface area contributed by atoms with E-state index in [0.717, 1.165) is 18.2 Å². The van der Waals surface area contributed by atoms with Gasteiger partial charge in [-0.15, -0.1) is 0 Å². The molecule has 1 unspecified atom stereocenters. The lowest BCUT2D eigenvalue weighted by atomic mass is 10.1. The normalized spacial score (nSPS) is 19.0. The third kappa shape index (κ3) is 2.30. The number of likely N-dealkylation sites (tertiary alicyclic amines) is 1. The Kier molecular flexibility index (Phi) is 3.24. The second-order valence-electron chi connectivity index (χ2n) is 4.22. The zero-order valence-electron chi connectivity index (χ0n) is 9.51. The van der Waals surface area contributed by atoms with Crippen molar-refractivity contribution in [1.82, 2.24) is 4.90 Å². The molecule has 0 aliphatic carbocycles. The molecule has 1 aromatic rings. The number of amides is 1. The number of non-ortho nitro benzene ring substituents is 1. The SMILES string of the molecule is NC1CCN(C(=O)c2cc([N+](=O)[O-])ccc2F)C1. The highest BCUT2D eigenvalue weighted by molar-refractivity contribution is 5.95. The Morgan fingerprint density at radius 1 is 1.56 bits per heavy atom. The maximum absolute atomic E-state index is 13.5. The van der Waals surface area contributed by atoms with Crippen LogP contribution in [0.3, 0.4) is 0 Å². The van der Waals surface area contributed by atoms with E-state index in [1.165, 1.54) is 4.90 Å². The molecule has 0 spiro atoms. The minimum atomic E-state index is -0.758. The van der Waals surface area contributed by atoms with Crippen molar-refractivity contribution in [3.8, 4) is 0 Å². The Hall–Kier alpha value is -2.02. The standard InChI is InChI=1S/C11H12FN3O3/c12-10-2-1-8(15(17)18)5-9(10)11(16)14-4-3-7(13)6-14/h1-2,5,7H,3-4,6,13H2. The number of hydrogen-bond donors (Lipinski definition) is 1. The lowest BCUT2D eigenvalue weighted by Gasteiger charge is -2.15.